The molecule has 2 aromatic rings. The fourth-order valence-corrected chi connectivity index (χ4v) is 3.48. The Hall–Kier alpha value is -0.800. The predicted molar refractivity (Wildman–Crippen MR) is 73.8 cm³/mol. The van der Waals surface area contributed by atoms with Gasteiger partial charge in [0.05, 0.1) is 0 Å². The Labute approximate surface area is 104 Å². The first-order valence-corrected chi connectivity index (χ1v) is 7.71. The number of hydrogen-bond acceptors (Lipinski definition) is 2. The first-order valence-electron chi connectivity index (χ1n) is 5.40. The molecule has 0 amide bonds. The van der Waals surface area contributed by atoms with E-state index in [2.05, 4.69) is 48.3 Å². The largest absolute Gasteiger partial charge is 0.362 e. The van der Waals surface area contributed by atoms with Crippen LogP contribution in [-0.4, -0.2) is 4.98 Å². The summed E-state index contributed by atoms with van der Waals surface area (Å²) in [7, 11) is 3.70. The highest BCUT2D eigenvalue weighted by Crippen LogP contribution is 2.32. The van der Waals surface area contributed by atoms with E-state index in [-0.39, 0.29) is 0 Å². The zero-order valence-electron chi connectivity index (χ0n) is 9.27. The Kier molecular flexibility index (Phi) is 4.43. The molecule has 1 aromatic heterocycles. The molecule has 0 saturated heterocycles. The number of aromatic nitrogens is 1. The molecule has 0 bridgehead atoms. The fraction of sp³-hybridized carbons (Fsp3) is 0.231. The average Bonchev–Trinajstić information content (AvgIpc) is 2.78. The molecular formula is C13H15NS2. The summed E-state index contributed by atoms with van der Waals surface area (Å²) in [4.78, 5) is 4.73. The lowest BCUT2D eigenvalue weighted by Crippen LogP contribution is -1.81. The molecule has 0 unspecified atom stereocenters. The second-order valence-corrected chi connectivity index (χ2v) is 5.89. The van der Waals surface area contributed by atoms with Crippen LogP contribution in [0.2, 0.25) is 0 Å². The maximum absolute atomic E-state index is 3.41. The van der Waals surface area contributed by atoms with Gasteiger partial charge in [-0.25, -0.2) is 0 Å². The zero-order chi connectivity index (χ0) is 11.2. The van der Waals surface area contributed by atoms with E-state index in [0.29, 0.717) is 0 Å². The van der Waals surface area contributed by atoms with Crippen molar-refractivity contribution in [1.82, 2.24) is 4.98 Å². The predicted octanol–water partition coefficient (Wildman–Crippen LogP) is 4.52. The van der Waals surface area contributed by atoms with Crippen molar-refractivity contribution in [2.24, 2.45) is 0 Å². The quantitative estimate of drug-likeness (QED) is 0.784. The van der Waals surface area contributed by atoms with Gasteiger partial charge < -0.3 is 4.98 Å². The van der Waals surface area contributed by atoms with Crippen LogP contribution < -0.4 is 0 Å². The highest BCUT2D eigenvalue weighted by atomic mass is 33.1. The smallest absolute Gasteiger partial charge is 0.0443 e. The van der Waals surface area contributed by atoms with Gasteiger partial charge in [-0.05, 0) is 30.7 Å². The van der Waals surface area contributed by atoms with Crippen LogP contribution in [0.5, 0.6) is 0 Å². The first-order chi connectivity index (χ1) is 7.88. The standard InChI is InChI=1S/C13H15NS2/c1-2-11-8-9-12(14-11)10-15-16-13-6-4-3-5-7-13/h3-9,14H,2,10H2,1H3. The number of hydrogen-bond donors (Lipinski definition) is 1. The SMILES string of the molecule is CCc1ccc(CSSc2ccccc2)[nH]1. The van der Waals surface area contributed by atoms with E-state index in [1.165, 1.54) is 16.3 Å². The van der Waals surface area contributed by atoms with Crippen LogP contribution in [0, 0.1) is 0 Å². The van der Waals surface area contributed by atoms with Crippen molar-refractivity contribution in [3.63, 3.8) is 0 Å². The summed E-state index contributed by atoms with van der Waals surface area (Å²) in [6, 6.07) is 14.8. The van der Waals surface area contributed by atoms with Crippen molar-refractivity contribution in [3.05, 3.63) is 53.9 Å². The summed E-state index contributed by atoms with van der Waals surface area (Å²) >= 11 is 0. The minimum atomic E-state index is 1.03. The molecule has 0 radical (unpaired) electrons. The summed E-state index contributed by atoms with van der Waals surface area (Å²) in [5.41, 5.74) is 2.63. The third kappa shape index (κ3) is 3.35. The molecule has 1 aromatic carbocycles. The lowest BCUT2D eigenvalue weighted by molar-refractivity contribution is 1.04. The lowest BCUT2D eigenvalue weighted by Gasteiger charge is -1.99. The molecule has 2 rings (SSSR count). The Morgan fingerprint density at radius 1 is 1.00 bits per heavy atom. The van der Waals surface area contributed by atoms with Gasteiger partial charge in [0.15, 0.2) is 0 Å². The van der Waals surface area contributed by atoms with E-state index in [4.69, 9.17) is 0 Å². The molecular weight excluding hydrogens is 234 g/mol. The monoisotopic (exact) mass is 249 g/mol. The van der Waals surface area contributed by atoms with Crippen LogP contribution in [0.1, 0.15) is 18.3 Å². The summed E-state index contributed by atoms with van der Waals surface area (Å²) in [5.74, 6) is 1.03. The van der Waals surface area contributed by atoms with Gasteiger partial charge in [0.25, 0.3) is 0 Å². The molecule has 3 heteroatoms. The van der Waals surface area contributed by atoms with Crippen molar-refractivity contribution < 1.29 is 0 Å². The average molecular weight is 249 g/mol. The third-order valence-corrected chi connectivity index (χ3v) is 4.60. The first kappa shape index (κ1) is 11.7. The van der Waals surface area contributed by atoms with E-state index >= 15 is 0 Å². The van der Waals surface area contributed by atoms with Crippen LogP contribution in [-0.2, 0) is 12.2 Å². The second kappa shape index (κ2) is 6.06. The molecule has 84 valence electrons. The summed E-state index contributed by atoms with van der Waals surface area (Å²) < 4.78 is 0. The second-order valence-electron chi connectivity index (χ2n) is 3.52. The molecule has 0 atom stereocenters. The number of benzene rings is 1. The minimum absolute atomic E-state index is 1.03. The van der Waals surface area contributed by atoms with E-state index < -0.39 is 0 Å². The number of aryl methyl sites for hydroxylation is 1. The molecule has 1 nitrogen and oxygen atoms in total. The van der Waals surface area contributed by atoms with Gasteiger partial charge >= 0.3 is 0 Å². The van der Waals surface area contributed by atoms with Crippen LogP contribution in [0.25, 0.3) is 0 Å². The van der Waals surface area contributed by atoms with Crippen molar-refractivity contribution >= 4 is 21.6 Å². The molecule has 0 aliphatic rings. The Morgan fingerprint density at radius 3 is 2.44 bits per heavy atom. The molecule has 16 heavy (non-hydrogen) atoms. The number of nitrogens with one attached hydrogen (secondary N) is 1. The van der Waals surface area contributed by atoms with Gasteiger partial charge in [0.1, 0.15) is 0 Å². The van der Waals surface area contributed by atoms with Gasteiger partial charge in [-0.15, -0.1) is 0 Å². The van der Waals surface area contributed by atoms with Crippen molar-refractivity contribution in [1.29, 1.82) is 0 Å². The fourth-order valence-electron chi connectivity index (χ4n) is 1.42. The molecule has 0 fully saturated rings. The van der Waals surface area contributed by atoms with E-state index in [1.807, 2.05) is 27.7 Å². The Balaban J connectivity index is 1.80. The van der Waals surface area contributed by atoms with E-state index in [9.17, 15) is 0 Å². The van der Waals surface area contributed by atoms with Crippen LogP contribution in [0.4, 0.5) is 0 Å². The molecule has 0 spiro atoms. The molecule has 1 N–H and O–H groups in total. The third-order valence-electron chi connectivity index (χ3n) is 2.30. The zero-order valence-corrected chi connectivity index (χ0v) is 10.9. The highest BCUT2D eigenvalue weighted by molar-refractivity contribution is 8.76. The molecule has 1 heterocycles. The van der Waals surface area contributed by atoms with Crippen molar-refractivity contribution in [2.75, 3.05) is 0 Å². The maximum atomic E-state index is 3.41. The van der Waals surface area contributed by atoms with E-state index in [0.717, 1.165) is 12.2 Å². The normalized spacial score (nSPS) is 10.6. The van der Waals surface area contributed by atoms with Gasteiger partial charge in [0.2, 0.25) is 0 Å². The number of aromatic amines is 1. The molecule has 0 saturated carbocycles. The molecule has 0 aliphatic carbocycles. The highest BCUT2D eigenvalue weighted by Gasteiger charge is 1.98. The topological polar surface area (TPSA) is 15.8 Å². The Morgan fingerprint density at radius 2 is 1.75 bits per heavy atom. The molecule has 0 aliphatic heterocycles. The lowest BCUT2D eigenvalue weighted by atomic mass is 10.3. The van der Waals surface area contributed by atoms with Crippen molar-refractivity contribution in [2.45, 2.75) is 24.0 Å². The van der Waals surface area contributed by atoms with Crippen molar-refractivity contribution in [3.8, 4) is 0 Å². The van der Waals surface area contributed by atoms with Crippen LogP contribution in [0.3, 0.4) is 0 Å². The van der Waals surface area contributed by atoms with Gasteiger partial charge in [-0.2, -0.15) is 0 Å². The summed E-state index contributed by atoms with van der Waals surface area (Å²) in [5, 5.41) is 0. The van der Waals surface area contributed by atoms with Gasteiger partial charge in [-0.3, -0.25) is 0 Å². The minimum Gasteiger partial charge on any atom is -0.362 e. The van der Waals surface area contributed by atoms with Crippen LogP contribution >= 0.6 is 21.6 Å². The summed E-state index contributed by atoms with van der Waals surface area (Å²) in [6.45, 7) is 2.17. The van der Waals surface area contributed by atoms with Crippen LogP contribution in [0.15, 0.2) is 47.4 Å². The Bertz CT molecular complexity index is 423. The number of rotatable bonds is 5. The maximum Gasteiger partial charge on any atom is 0.0443 e. The number of H-pyrrole nitrogens is 1. The van der Waals surface area contributed by atoms with E-state index in [1.54, 1.807) is 0 Å². The van der Waals surface area contributed by atoms with Gasteiger partial charge in [0, 0.05) is 22.0 Å². The van der Waals surface area contributed by atoms with Gasteiger partial charge in [-0.1, -0.05) is 46.7 Å². The summed E-state index contributed by atoms with van der Waals surface area (Å²) in [6.07, 6.45) is 1.08.